The Morgan fingerprint density at radius 3 is 2.18 bits per heavy atom. The van der Waals surface area contributed by atoms with E-state index in [1.807, 2.05) is 6.08 Å². The number of benzene rings is 2. The SMILES string of the molecule is C=C/C=c1/ccc(-c2ccc(C)cc2)cc1=C. The lowest BCUT2D eigenvalue weighted by Gasteiger charge is -2.02. The van der Waals surface area contributed by atoms with Crippen LogP contribution in [0, 0.1) is 6.92 Å². The predicted molar refractivity (Wildman–Crippen MR) is 76.0 cm³/mol. The van der Waals surface area contributed by atoms with Gasteiger partial charge in [-0.3, -0.25) is 0 Å². The van der Waals surface area contributed by atoms with Crippen LogP contribution >= 0.6 is 0 Å². The van der Waals surface area contributed by atoms with E-state index in [0.29, 0.717) is 0 Å². The van der Waals surface area contributed by atoms with E-state index in [1.54, 1.807) is 6.08 Å². The molecule has 0 aromatic heterocycles. The normalized spacial score (nSPS) is 11.5. The summed E-state index contributed by atoms with van der Waals surface area (Å²) in [5.74, 6) is 0. The molecule has 0 bridgehead atoms. The molecule has 0 fully saturated rings. The molecule has 0 heteroatoms. The standard InChI is InChI=1S/C17H16/c1-4-5-15-10-11-17(12-14(15)3)16-8-6-13(2)7-9-16/h4-12H,1,3H2,2H3/b15-5-. The zero-order valence-electron chi connectivity index (χ0n) is 10.1. The third kappa shape index (κ3) is 2.54. The average molecular weight is 220 g/mol. The highest BCUT2D eigenvalue weighted by Crippen LogP contribution is 2.16. The molecule has 84 valence electrons. The van der Waals surface area contributed by atoms with Crippen LogP contribution in [0.1, 0.15) is 5.56 Å². The Balaban J connectivity index is 2.52. The molecule has 0 aliphatic heterocycles. The Hall–Kier alpha value is -2.08. The summed E-state index contributed by atoms with van der Waals surface area (Å²) in [6.45, 7) is 9.86. The molecule has 0 heterocycles. The van der Waals surface area contributed by atoms with E-state index in [0.717, 1.165) is 10.4 Å². The zero-order valence-corrected chi connectivity index (χ0v) is 10.1. The zero-order chi connectivity index (χ0) is 12.3. The lowest BCUT2D eigenvalue weighted by molar-refractivity contribution is 1.46. The molecule has 0 aliphatic carbocycles. The monoisotopic (exact) mass is 220 g/mol. The van der Waals surface area contributed by atoms with Crippen LogP contribution in [0.5, 0.6) is 0 Å². The van der Waals surface area contributed by atoms with Gasteiger partial charge in [-0.05, 0) is 34.6 Å². The van der Waals surface area contributed by atoms with E-state index < -0.39 is 0 Å². The highest BCUT2D eigenvalue weighted by molar-refractivity contribution is 5.64. The first kappa shape index (κ1) is 11.4. The van der Waals surface area contributed by atoms with Gasteiger partial charge in [0, 0.05) is 0 Å². The molecule has 0 atom stereocenters. The van der Waals surface area contributed by atoms with Gasteiger partial charge in [0.2, 0.25) is 0 Å². The number of hydrogen-bond acceptors (Lipinski definition) is 0. The molecule has 0 saturated carbocycles. The predicted octanol–water partition coefficient (Wildman–Crippen LogP) is 3.04. The van der Waals surface area contributed by atoms with E-state index in [4.69, 9.17) is 0 Å². The lowest BCUT2D eigenvalue weighted by Crippen LogP contribution is -2.22. The van der Waals surface area contributed by atoms with Crippen molar-refractivity contribution in [3.8, 4) is 11.1 Å². The average Bonchev–Trinajstić information content (AvgIpc) is 2.33. The maximum atomic E-state index is 4.06. The molecule has 2 aromatic carbocycles. The molecule has 0 nitrogen and oxygen atoms in total. The van der Waals surface area contributed by atoms with Crippen molar-refractivity contribution in [2.75, 3.05) is 0 Å². The van der Waals surface area contributed by atoms with Crippen LogP contribution in [0.15, 0.2) is 55.1 Å². The fraction of sp³-hybridized carbons (Fsp3) is 0.0588. The topological polar surface area (TPSA) is 0 Å². The van der Waals surface area contributed by atoms with Gasteiger partial charge in [-0.1, -0.05) is 67.3 Å². The van der Waals surface area contributed by atoms with Crippen LogP contribution in [0.2, 0.25) is 0 Å². The van der Waals surface area contributed by atoms with Crippen molar-refractivity contribution in [1.82, 2.24) is 0 Å². The molecular weight excluding hydrogens is 204 g/mol. The fourth-order valence-electron chi connectivity index (χ4n) is 1.82. The van der Waals surface area contributed by atoms with Crippen LogP contribution in [0.4, 0.5) is 0 Å². The van der Waals surface area contributed by atoms with E-state index in [1.165, 1.54) is 16.7 Å². The fourth-order valence-corrected chi connectivity index (χ4v) is 1.82. The summed E-state index contributed by atoms with van der Waals surface area (Å²) >= 11 is 0. The summed E-state index contributed by atoms with van der Waals surface area (Å²) in [5, 5.41) is 2.15. The van der Waals surface area contributed by atoms with Gasteiger partial charge in [0.15, 0.2) is 0 Å². The van der Waals surface area contributed by atoms with Crippen LogP contribution in [0.25, 0.3) is 23.8 Å². The van der Waals surface area contributed by atoms with E-state index in [2.05, 4.69) is 62.5 Å². The maximum absolute atomic E-state index is 4.06. The lowest BCUT2D eigenvalue weighted by atomic mass is 10.0. The van der Waals surface area contributed by atoms with Crippen LogP contribution < -0.4 is 10.4 Å². The van der Waals surface area contributed by atoms with Crippen LogP contribution in [-0.2, 0) is 0 Å². The molecule has 0 unspecified atom stereocenters. The van der Waals surface area contributed by atoms with Gasteiger partial charge in [0.25, 0.3) is 0 Å². The van der Waals surface area contributed by atoms with Gasteiger partial charge < -0.3 is 0 Å². The second-order valence-corrected chi connectivity index (χ2v) is 4.18. The maximum Gasteiger partial charge on any atom is -0.0178 e. The molecule has 0 radical (unpaired) electrons. The third-order valence-corrected chi connectivity index (χ3v) is 2.83. The van der Waals surface area contributed by atoms with E-state index >= 15 is 0 Å². The second kappa shape index (κ2) is 4.84. The van der Waals surface area contributed by atoms with Crippen molar-refractivity contribution in [3.05, 3.63) is 71.1 Å². The smallest absolute Gasteiger partial charge is 0.0178 e. The minimum atomic E-state index is 1.03. The number of rotatable bonds is 2. The van der Waals surface area contributed by atoms with Crippen molar-refractivity contribution >= 4 is 12.7 Å². The van der Waals surface area contributed by atoms with Gasteiger partial charge in [0.05, 0.1) is 0 Å². The molecule has 0 N–H and O–H groups in total. The number of allylic oxidation sites excluding steroid dienone is 1. The van der Waals surface area contributed by atoms with Gasteiger partial charge in [-0.15, -0.1) is 0 Å². The quantitative estimate of drug-likeness (QED) is 0.729. The molecule has 0 saturated heterocycles. The van der Waals surface area contributed by atoms with Crippen LogP contribution in [0.3, 0.4) is 0 Å². The molecular formula is C17H16. The van der Waals surface area contributed by atoms with Crippen molar-refractivity contribution in [2.45, 2.75) is 6.92 Å². The summed E-state index contributed by atoms with van der Waals surface area (Å²) < 4.78 is 0. The third-order valence-electron chi connectivity index (χ3n) is 2.83. The van der Waals surface area contributed by atoms with Crippen molar-refractivity contribution in [2.24, 2.45) is 0 Å². The summed E-state index contributed by atoms with van der Waals surface area (Å²) in [7, 11) is 0. The Bertz CT molecular complexity index is 631. The Labute approximate surface area is 102 Å². The van der Waals surface area contributed by atoms with Gasteiger partial charge >= 0.3 is 0 Å². The minimum absolute atomic E-state index is 1.03. The van der Waals surface area contributed by atoms with Crippen LogP contribution in [-0.4, -0.2) is 0 Å². The molecule has 0 amide bonds. The summed E-state index contributed by atoms with van der Waals surface area (Å²) in [6, 6.07) is 14.8. The van der Waals surface area contributed by atoms with E-state index in [9.17, 15) is 0 Å². The highest BCUT2D eigenvalue weighted by Gasteiger charge is 1.96. The molecule has 0 spiro atoms. The Morgan fingerprint density at radius 1 is 0.941 bits per heavy atom. The first-order valence-electron chi connectivity index (χ1n) is 5.69. The van der Waals surface area contributed by atoms with Gasteiger partial charge in [0.1, 0.15) is 0 Å². The van der Waals surface area contributed by atoms with Crippen molar-refractivity contribution in [1.29, 1.82) is 0 Å². The molecule has 17 heavy (non-hydrogen) atoms. The largest absolute Gasteiger partial charge is 0.0990 e. The summed E-state index contributed by atoms with van der Waals surface area (Å²) in [6.07, 6.45) is 3.76. The highest BCUT2D eigenvalue weighted by atomic mass is 14.0. The number of hydrogen-bond donors (Lipinski definition) is 0. The molecule has 0 aliphatic rings. The Morgan fingerprint density at radius 2 is 1.59 bits per heavy atom. The van der Waals surface area contributed by atoms with Crippen molar-refractivity contribution in [3.63, 3.8) is 0 Å². The first-order valence-corrected chi connectivity index (χ1v) is 5.69. The molecule has 2 rings (SSSR count). The van der Waals surface area contributed by atoms with Gasteiger partial charge in [-0.25, -0.2) is 0 Å². The first-order chi connectivity index (χ1) is 8.20. The second-order valence-electron chi connectivity index (χ2n) is 4.18. The minimum Gasteiger partial charge on any atom is -0.0990 e. The molecule has 2 aromatic rings. The van der Waals surface area contributed by atoms with E-state index in [-0.39, 0.29) is 0 Å². The summed E-state index contributed by atoms with van der Waals surface area (Å²) in [5.41, 5.74) is 3.71. The van der Waals surface area contributed by atoms with Gasteiger partial charge in [-0.2, -0.15) is 0 Å². The van der Waals surface area contributed by atoms with Crippen molar-refractivity contribution < 1.29 is 0 Å². The number of aryl methyl sites for hydroxylation is 1. The Kier molecular flexibility index (Phi) is 3.24. The summed E-state index contributed by atoms with van der Waals surface area (Å²) in [4.78, 5) is 0.